The molecular weight excluding hydrogens is 242 g/mol. The number of carboxylic acid groups (broad SMARTS) is 1. The van der Waals surface area contributed by atoms with Crippen molar-refractivity contribution in [3.8, 4) is 0 Å². The van der Waals surface area contributed by atoms with Gasteiger partial charge in [-0.2, -0.15) is 0 Å². The minimum Gasteiger partial charge on any atom is -0.481 e. The summed E-state index contributed by atoms with van der Waals surface area (Å²) in [5, 5.41) is 17.0. The van der Waals surface area contributed by atoms with Crippen molar-refractivity contribution in [1.29, 1.82) is 0 Å². The molecule has 0 aliphatic carbocycles. The molecule has 2 heterocycles. The number of carboxylic acids is 1. The summed E-state index contributed by atoms with van der Waals surface area (Å²) in [6.07, 6.45) is 0.985. The van der Waals surface area contributed by atoms with E-state index >= 15 is 0 Å². The maximum Gasteiger partial charge on any atom is 0.313 e. The number of carbonyl (C=O) groups is 1. The average Bonchev–Trinajstić information content (AvgIpc) is 2.82. The number of rotatable bonds is 4. The number of likely N-dealkylation sites (tertiary alicyclic amines) is 1. The fraction of sp³-hybridized carbons (Fsp3) is 0.667. The number of anilines is 1. The molecule has 1 fully saturated rings. The summed E-state index contributed by atoms with van der Waals surface area (Å²) in [6, 6.07) is 0.242. The number of aromatic nitrogens is 3. The van der Waals surface area contributed by atoms with Crippen LogP contribution < -0.4 is 5.73 Å². The topological polar surface area (TPSA) is 97.3 Å². The lowest BCUT2D eigenvalue weighted by Gasteiger charge is -2.15. The maximum absolute atomic E-state index is 10.5. The Morgan fingerprint density at radius 3 is 3.00 bits per heavy atom. The molecule has 0 spiro atoms. The SMILES string of the molecule is CN1CCC(n2c(N)nnc2SCC(=O)O)C1. The van der Waals surface area contributed by atoms with E-state index in [2.05, 4.69) is 15.1 Å². The molecule has 1 saturated heterocycles. The predicted octanol–water partition coefficient (Wildman–Crippen LogP) is -0.0864. The smallest absolute Gasteiger partial charge is 0.313 e. The fourth-order valence-electron chi connectivity index (χ4n) is 1.98. The lowest BCUT2D eigenvalue weighted by Crippen LogP contribution is -2.18. The van der Waals surface area contributed by atoms with Crippen molar-refractivity contribution in [2.75, 3.05) is 31.6 Å². The molecular formula is C9H15N5O2S. The highest BCUT2D eigenvalue weighted by molar-refractivity contribution is 7.99. The Morgan fingerprint density at radius 2 is 2.41 bits per heavy atom. The quantitative estimate of drug-likeness (QED) is 0.728. The second-order valence-electron chi connectivity index (χ2n) is 4.10. The number of nitrogen functional groups attached to an aromatic ring is 1. The summed E-state index contributed by atoms with van der Waals surface area (Å²) in [4.78, 5) is 12.8. The van der Waals surface area contributed by atoms with E-state index in [1.54, 1.807) is 0 Å². The summed E-state index contributed by atoms with van der Waals surface area (Å²) in [7, 11) is 2.05. The Bertz CT molecular complexity index is 422. The Labute approximate surface area is 103 Å². The van der Waals surface area contributed by atoms with Crippen molar-refractivity contribution >= 4 is 23.7 Å². The van der Waals surface area contributed by atoms with Crippen LogP contribution in [0, 0.1) is 0 Å². The van der Waals surface area contributed by atoms with Crippen molar-refractivity contribution < 1.29 is 9.90 Å². The first kappa shape index (κ1) is 12.2. The van der Waals surface area contributed by atoms with Crippen LogP contribution in [0.25, 0.3) is 0 Å². The van der Waals surface area contributed by atoms with Gasteiger partial charge >= 0.3 is 5.97 Å². The van der Waals surface area contributed by atoms with Crippen LogP contribution in [0.3, 0.4) is 0 Å². The minimum atomic E-state index is -0.869. The maximum atomic E-state index is 10.5. The van der Waals surface area contributed by atoms with Crippen molar-refractivity contribution in [3.63, 3.8) is 0 Å². The van der Waals surface area contributed by atoms with Gasteiger partial charge in [0.05, 0.1) is 11.8 Å². The highest BCUT2D eigenvalue weighted by Gasteiger charge is 2.26. The van der Waals surface area contributed by atoms with Crippen LogP contribution in [-0.2, 0) is 4.79 Å². The van der Waals surface area contributed by atoms with E-state index in [4.69, 9.17) is 10.8 Å². The number of likely N-dealkylation sites (N-methyl/N-ethyl adjacent to an activating group) is 1. The van der Waals surface area contributed by atoms with Crippen LogP contribution in [0.1, 0.15) is 12.5 Å². The van der Waals surface area contributed by atoms with Crippen LogP contribution in [0.2, 0.25) is 0 Å². The highest BCUT2D eigenvalue weighted by atomic mass is 32.2. The highest BCUT2D eigenvalue weighted by Crippen LogP contribution is 2.28. The van der Waals surface area contributed by atoms with E-state index in [0.717, 1.165) is 31.3 Å². The van der Waals surface area contributed by atoms with Gasteiger partial charge in [-0.1, -0.05) is 11.8 Å². The van der Waals surface area contributed by atoms with Gasteiger partial charge in [0.1, 0.15) is 0 Å². The third-order valence-corrected chi connectivity index (χ3v) is 3.68. The lowest BCUT2D eigenvalue weighted by molar-refractivity contribution is -0.133. The summed E-state index contributed by atoms with van der Waals surface area (Å²) < 4.78 is 1.84. The van der Waals surface area contributed by atoms with E-state index in [0.29, 0.717) is 11.1 Å². The van der Waals surface area contributed by atoms with Gasteiger partial charge in [0, 0.05) is 6.54 Å². The first-order valence-electron chi connectivity index (χ1n) is 5.31. The van der Waals surface area contributed by atoms with Crippen molar-refractivity contribution in [2.45, 2.75) is 17.6 Å². The summed E-state index contributed by atoms with van der Waals surface area (Å²) in [5.41, 5.74) is 5.78. The molecule has 1 aliphatic rings. The Kier molecular flexibility index (Phi) is 3.53. The van der Waals surface area contributed by atoms with E-state index < -0.39 is 5.97 Å². The summed E-state index contributed by atoms with van der Waals surface area (Å²) in [5.74, 6) is -0.536. The molecule has 17 heavy (non-hydrogen) atoms. The molecule has 1 unspecified atom stereocenters. The van der Waals surface area contributed by atoms with Gasteiger partial charge in [0.2, 0.25) is 5.95 Å². The molecule has 1 aliphatic heterocycles. The van der Waals surface area contributed by atoms with Gasteiger partial charge < -0.3 is 15.7 Å². The lowest BCUT2D eigenvalue weighted by atomic mass is 10.2. The Morgan fingerprint density at radius 1 is 1.65 bits per heavy atom. The molecule has 0 aromatic carbocycles. The van der Waals surface area contributed by atoms with Crippen LogP contribution in [-0.4, -0.2) is 56.6 Å². The van der Waals surface area contributed by atoms with Crippen LogP contribution in [0.4, 0.5) is 5.95 Å². The number of hydrogen-bond donors (Lipinski definition) is 2. The molecule has 0 saturated carbocycles. The van der Waals surface area contributed by atoms with Gasteiger partial charge in [-0.25, -0.2) is 0 Å². The van der Waals surface area contributed by atoms with Crippen LogP contribution in [0.5, 0.6) is 0 Å². The zero-order chi connectivity index (χ0) is 12.4. The Hall–Kier alpha value is -1.28. The molecule has 3 N–H and O–H groups in total. The van der Waals surface area contributed by atoms with Gasteiger partial charge in [-0.15, -0.1) is 10.2 Å². The van der Waals surface area contributed by atoms with E-state index in [1.165, 1.54) is 0 Å². The molecule has 0 radical (unpaired) electrons. The third kappa shape index (κ3) is 2.70. The molecule has 0 amide bonds. The number of hydrogen-bond acceptors (Lipinski definition) is 6. The summed E-state index contributed by atoms with van der Waals surface area (Å²) in [6.45, 7) is 1.90. The average molecular weight is 257 g/mol. The third-order valence-electron chi connectivity index (χ3n) is 2.75. The molecule has 1 aromatic heterocycles. The van der Waals surface area contributed by atoms with Crippen LogP contribution in [0.15, 0.2) is 5.16 Å². The zero-order valence-electron chi connectivity index (χ0n) is 9.54. The first-order valence-corrected chi connectivity index (χ1v) is 6.30. The normalized spacial score (nSPS) is 20.9. The van der Waals surface area contributed by atoms with Gasteiger partial charge in [0.25, 0.3) is 0 Å². The molecule has 0 bridgehead atoms. The Balaban J connectivity index is 2.14. The number of nitrogens with two attached hydrogens (primary N) is 1. The standard InChI is InChI=1S/C9H15N5O2S/c1-13-3-2-6(4-13)14-8(10)11-12-9(14)17-5-7(15)16/h6H,2-5H2,1H3,(H2,10,11)(H,15,16). The van der Waals surface area contributed by atoms with Gasteiger partial charge in [0.15, 0.2) is 5.16 Å². The van der Waals surface area contributed by atoms with E-state index in [-0.39, 0.29) is 11.8 Å². The van der Waals surface area contributed by atoms with E-state index in [9.17, 15) is 4.79 Å². The molecule has 94 valence electrons. The zero-order valence-corrected chi connectivity index (χ0v) is 10.4. The molecule has 8 heteroatoms. The van der Waals surface area contributed by atoms with Crippen molar-refractivity contribution in [2.24, 2.45) is 0 Å². The van der Waals surface area contributed by atoms with Crippen molar-refractivity contribution in [1.82, 2.24) is 19.7 Å². The minimum absolute atomic E-state index is 0.0271. The predicted molar refractivity (Wildman–Crippen MR) is 63.9 cm³/mol. The number of aliphatic carboxylic acids is 1. The van der Waals surface area contributed by atoms with Crippen LogP contribution >= 0.6 is 11.8 Å². The van der Waals surface area contributed by atoms with Gasteiger partial charge in [-0.3, -0.25) is 9.36 Å². The first-order chi connectivity index (χ1) is 8.08. The number of nitrogens with zero attached hydrogens (tertiary/aromatic N) is 4. The largest absolute Gasteiger partial charge is 0.481 e. The second kappa shape index (κ2) is 4.92. The van der Waals surface area contributed by atoms with Crippen molar-refractivity contribution in [3.05, 3.63) is 0 Å². The molecule has 1 atom stereocenters. The fourth-order valence-corrected chi connectivity index (χ4v) is 2.71. The summed E-state index contributed by atoms with van der Waals surface area (Å²) >= 11 is 1.16. The second-order valence-corrected chi connectivity index (χ2v) is 5.04. The molecule has 2 rings (SSSR count). The monoisotopic (exact) mass is 257 g/mol. The number of thioether (sulfide) groups is 1. The molecule has 7 nitrogen and oxygen atoms in total. The molecule has 1 aromatic rings. The van der Waals surface area contributed by atoms with E-state index in [1.807, 2.05) is 11.6 Å². The van der Waals surface area contributed by atoms with Gasteiger partial charge in [-0.05, 0) is 20.0 Å².